The largest absolute Gasteiger partial charge is 0.422 e. The Labute approximate surface area is 157 Å². The lowest BCUT2D eigenvalue weighted by molar-refractivity contribution is 0.0734. The van der Waals surface area contributed by atoms with Gasteiger partial charge in [-0.25, -0.2) is 4.79 Å². The molecule has 3 aromatic rings. The van der Waals surface area contributed by atoms with Crippen LogP contribution in [0.1, 0.15) is 38.2 Å². The number of alkyl halides is 1. The Hall–Kier alpha value is -2.84. The molecule has 0 amide bonds. The number of rotatable bonds is 3. The maximum Gasteiger partial charge on any atom is 0.343 e. The summed E-state index contributed by atoms with van der Waals surface area (Å²) in [6.07, 6.45) is 0.803. The second-order valence-electron chi connectivity index (χ2n) is 6.33. The van der Waals surface area contributed by atoms with Gasteiger partial charge in [-0.05, 0) is 52.4 Å². The Morgan fingerprint density at radius 3 is 2.62 bits per heavy atom. The van der Waals surface area contributed by atoms with Crippen LogP contribution in [0.4, 0.5) is 0 Å². The summed E-state index contributed by atoms with van der Waals surface area (Å²) >= 11 is 5.86. The van der Waals surface area contributed by atoms with E-state index in [1.807, 2.05) is 36.4 Å². The van der Waals surface area contributed by atoms with Crippen molar-refractivity contribution >= 4 is 23.1 Å². The molecule has 0 saturated carbocycles. The Balaban J connectivity index is 1.69. The lowest BCUT2D eigenvalue weighted by Crippen LogP contribution is -2.13. The second-order valence-corrected chi connectivity index (χ2v) is 6.59. The van der Waals surface area contributed by atoms with Crippen LogP contribution in [-0.4, -0.2) is 5.97 Å². The first-order valence-electron chi connectivity index (χ1n) is 8.44. The molecule has 0 bridgehead atoms. The van der Waals surface area contributed by atoms with Crippen molar-refractivity contribution in [3.05, 3.63) is 107 Å². The molecule has 4 rings (SSSR count). The first-order chi connectivity index (χ1) is 12.7. The Morgan fingerprint density at radius 2 is 1.77 bits per heavy atom. The van der Waals surface area contributed by atoms with Crippen molar-refractivity contribution in [2.75, 3.05) is 0 Å². The molecule has 3 aromatic carbocycles. The molecule has 1 aliphatic carbocycles. The van der Waals surface area contributed by atoms with E-state index >= 15 is 0 Å². The highest BCUT2D eigenvalue weighted by Gasteiger charge is 2.23. The van der Waals surface area contributed by atoms with Crippen LogP contribution in [0.3, 0.4) is 0 Å². The molecule has 0 spiro atoms. The summed E-state index contributed by atoms with van der Waals surface area (Å²) < 4.78 is 5.74. The SMILES string of the molecule is C=C1c2ccccc2Cc2cccc(OC(=O)c3cccc(CCl)c3)c21. The summed E-state index contributed by atoms with van der Waals surface area (Å²) in [5.41, 5.74) is 6.63. The lowest BCUT2D eigenvalue weighted by Gasteiger charge is -2.23. The fourth-order valence-corrected chi connectivity index (χ4v) is 3.57. The highest BCUT2D eigenvalue weighted by molar-refractivity contribution is 6.17. The van der Waals surface area contributed by atoms with Gasteiger partial charge in [0.25, 0.3) is 0 Å². The van der Waals surface area contributed by atoms with E-state index in [2.05, 4.69) is 24.8 Å². The van der Waals surface area contributed by atoms with Crippen LogP contribution in [0.15, 0.2) is 73.3 Å². The number of hydrogen-bond acceptors (Lipinski definition) is 2. The van der Waals surface area contributed by atoms with Gasteiger partial charge < -0.3 is 4.74 Å². The van der Waals surface area contributed by atoms with E-state index in [1.54, 1.807) is 12.1 Å². The van der Waals surface area contributed by atoms with Crippen molar-refractivity contribution in [1.29, 1.82) is 0 Å². The molecule has 0 saturated heterocycles. The van der Waals surface area contributed by atoms with E-state index in [9.17, 15) is 4.79 Å². The smallest absolute Gasteiger partial charge is 0.343 e. The van der Waals surface area contributed by atoms with Gasteiger partial charge in [0, 0.05) is 11.4 Å². The molecule has 0 aliphatic heterocycles. The number of fused-ring (bicyclic) bond motifs is 2. The summed E-state index contributed by atoms with van der Waals surface area (Å²) in [5.74, 6) is 0.510. The van der Waals surface area contributed by atoms with Crippen molar-refractivity contribution in [2.24, 2.45) is 0 Å². The second kappa shape index (κ2) is 6.81. The molecular weight excluding hydrogens is 344 g/mol. The lowest BCUT2D eigenvalue weighted by atomic mass is 9.82. The number of carbonyl (C=O) groups excluding carboxylic acids is 1. The zero-order chi connectivity index (χ0) is 18.1. The maximum absolute atomic E-state index is 12.6. The van der Waals surface area contributed by atoms with Crippen molar-refractivity contribution < 1.29 is 9.53 Å². The maximum atomic E-state index is 12.6. The van der Waals surface area contributed by atoms with Gasteiger partial charge >= 0.3 is 5.97 Å². The molecule has 3 heteroatoms. The van der Waals surface area contributed by atoms with E-state index in [-0.39, 0.29) is 0 Å². The molecule has 128 valence electrons. The van der Waals surface area contributed by atoms with Crippen molar-refractivity contribution in [3.8, 4) is 5.75 Å². The Morgan fingerprint density at radius 1 is 1.00 bits per heavy atom. The van der Waals surface area contributed by atoms with Crippen LogP contribution >= 0.6 is 11.6 Å². The van der Waals surface area contributed by atoms with Crippen molar-refractivity contribution in [3.63, 3.8) is 0 Å². The van der Waals surface area contributed by atoms with Gasteiger partial charge in [-0.3, -0.25) is 0 Å². The highest BCUT2D eigenvalue weighted by atomic mass is 35.5. The molecule has 1 aliphatic rings. The third-order valence-corrected chi connectivity index (χ3v) is 4.97. The van der Waals surface area contributed by atoms with Crippen LogP contribution in [0, 0.1) is 0 Å². The minimum atomic E-state index is -0.392. The Bertz CT molecular complexity index is 1020. The molecule has 0 heterocycles. The zero-order valence-corrected chi connectivity index (χ0v) is 14.9. The molecule has 0 aromatic heterocycles. The molecule has 2 nitrogen and oxygen atoms in total. The topological polar surface area (TPSA) is 26.3 Å². The number of halogens is 1. The minimum Gasteiger partial charge on any atom is -0.422 e. The van der Waals surface area contributed by atoms with Gasteiger partial charge in [-0.2, -0.15) is 0 Å². The quantitative estimate of drug-likeness (QED) is 0.269. The highest BCUT2D eigenvalue weighted by Crippen LogP contribution is 2.40. The fourth-order valence-electron chi connectivity index (χ4n) is 3.40. The Kier molecular flexibility index (Phi) is 4.36. The fraction of sp³-hybridized carbons (Fsp3) is 0.0870. The van der Waals surface area contributed by atoms with Gasteiger partial charge in [0.05, 0.1) is 5.56 Å². The number of ether oxygens (including phenoxy) is 1. The van der Waals surface area contributed by atoms with E-state index in [4.69, 9.17) is 16.3 Å². The summed E-state index contributed by atoms with van der Waals surface area (Å²) in [5, 5.41) is 0. The minimum absolute atomic E-state index is 0.357. The molecule has 0 fully saturated rings. The van der Waals surface area contributed by atoms with Crippen LogP contribution in [0.25, 0.3) is 5.57 Å². The average molecular weight is 361 g/mol. The summed E-state index contributed by atoms with van der Waals surface area (Å²) in [7, 11) is 0. The van der Waals surface area contributed by atoms with Gasteiger partial charge in [0.15, 0.2) is 0 Å². The predicted molar refractivity (Wildman–Crippen MR) is 105 cm³/mol. The summed E-state index contributed by atoms with van der Waals surface area (Å²) in [6, 6.07) is 21.2. The van der Waals surface area contributed by atoms with Gasteiger partial charge in [-0.15, -0.1) is 11.6 Å². The average Bonchev–Trinajstić information content (AvgIpc) is 2.68. The van der Waals surface area contributed by atoms with E-state index in [0.29, 0.717) is 17.2 Å². The predicted octanol–water partition coefficient (Wildman–Crippen LogP) is 5.61. The number of benzene rings is 3. The molecule has 0 unspecified atom stereocenters. The normalized spacial score (nSPS) is 12.3. The molecular formula is C23H17ClO2. The van der Waals surface area contributed by atoms with E-state index in [1.165, 1.54) is 5.56 Å². The molecule has 0 N–H and O–H groups in total. The van der Waals surface area contributed by atoms with Crippen LogP contribution in [-0.2, 0) is 12.3 Å². The zero-order valence-electron chi connectivity index (χ0n) is 14.2. The van der Waals surface area contributed by atoms with Gasteiger partial charge in [0.2, 0.25) is 0 Å². The summed E-state index contributed by atoms with van der Waals surface area (Å²) in [4.78, 5) is 12.6. The van der Waals surface area contributed by atoms with E-state index in [0.717, 1.165) is 34.2 Å². The van der Waals surface area contributed by atoms with Gasteiger partial charge in [-0.1, -0.05) is 55.1 Å². The van der Waals surface area contributed by atoms with Gasteiger partial charge in [0.1, 0.15) is 5.75 Å². The summed E-state index contributed by atoms with van der Waals surface area (Å²) in [6.45, 7) is 4.26. The molecule has 0 atom stereocenters. The molecule has 0 radical (unpaired) electrons. The third kappa shape index (κ3) is 2.93. The number of hydrogen-bond donors (Lipinski definition) is 0. The first kappa shape index (κ1) is 16.6. The van der Waals surface area contributed by atoms with Crippen LogP contribution in [0.2, 0.25) is 0 Å². The first-order valence-corrected chi connectivity index (χ1v) is 8.97. The number of esters is 1. The van der Waals surface area contributed by atoms with Crippen LogP contribution < -0.4 is 4.74 Å². The van der Waals surface area contributed by atoms with Crippen molar-refractivity contribution in [2.45, 2.75) is 12.3 Å². The van der Waals surface area contributed by atoms with Crippen LogP contribution in [0.5, 0.6) is 5.75 Å². The number of carbonyl (C=O) groups is 1. The monoisotopic (exact) mass is 360 g/mol. The van der Waals surface area contributed by atoms with E-state index < -0.39 is 5.97 Å². The third-order valence-electron chi connectivity index (χ3n) is 4.66. The standard InChI is InChI=1S/C23H17ClO2/c1-15-20-10-3-2-7-17(20)13-18-8-5-11-21(22(15)18)26-23(25)19-9-4-6-16(12-19)14-24/h2-12H,1,13-14H2. The van der Waals surface area contributed by atoms with Crippen molar-refractivity contribution in [1.82, 2.24) is 0 Å². The molecule has 26 heavy (non-hydrogen) atoms.